The molecule has 0 saturated heterocycles. The number of esters is 1. The zero-order chi connectivity index (χ0) is 15.7. The van der Waals surface area contributed by atoms with Crippen molar-refractivity contribution in [2.75, 3.05) is 13.2 Å². The van der Waals surface area contributed by atoms with E-state index >= 15 is 0 Å². The quantitative estimate of drug-likeness (QED) is 0.202. The fourth-order valence-corrected chi connectivity index (χ4v) is 1.26. The molecular formula is C11H19NO8. The van der Waals surface area contributed by atoms with Gasteiger partial charge in [0.1, 0.15) is 24.1 Å². The van der Waals surface area contributed by atoms with Gasteiger partial charge < -0.3 is 30.9 Å². The number of aliphatic hydroxyl groups excluding tert-OH is 4. The molecule has 0 aromatic rings. The Morgan fingerprint density at radius 2 is 1.75 bits per heavy atom. The average Bonchev–Trinajstić information content (AvgIpc) is 2.47. The van der Waals surface area contributed by atoms with Crippen molar-refractivity contribution in [1.82, 2.24) is 0 Å². The monoisotopic (exact) mass is 293 g/mol. The molecule has 0 saturated carbocycles. The summed E-state index contributed by atoms with van der Waals surface area (Å²) in [6, 6.07) is 0. The first-order chi connectivity index (χ1) is 9.37. The van der Waals surface area contributed by atoms with Crippen molar-refractivity contribution in [3.8, 4) is 0 Å². The number of carbonyl (C=O) groups excluding carboxylic acids is 3. The second-order valence-corrected chi connectivity index (χ2v) is 4.06. The molecule has 116 valence electrons. The van der Waals surface area contributed by atoms with E-state index < -0.39 is 37.0 Å². The minimum absolute atomic E-state index is 0.0701. The van der Waals surface area contributed by atoms with Crippen molar-refractivity contribution in [3.63, 3.8) is 0 Å². The van der Waals surface area contributed by atoms with E-state index in [-0.39, 0.29) is 31.5 Å². The standard InChI is InChI=1S/C11H19NO8/c12-3-6(15)1-2-9(17)20-8(5-14)11(19)10(18)7(16)4-13/h5,7-8,10-11,13,16,18-19H,1-4,12H2/t7-,8+,10-,11-/m1/s1. The number of aliphatic hydroxyl groups is 4. The molecule has 9 heteroatoms. The Morgan fingerprint density at radius 3 is 2.20 bits per heavy atom. The van der Waals surface area contributed by atoms with Gasteiger partial charge in [-0.05, 0) is 0 Å². The summed E-state index contributed by atoms with van der Waals surface area (Å²) in [5.41, 5.74) is 5.04. The number of hydrogen-bond acceptors (Lipinski definition) is 9. The lowest BCUT2D eigenvalue weighted by molar-refractivity contribution is -0.168. The van der Waals surface area contributed by atoms with Gasteiger partial charge in [0, 0.05) is 6.42 Å². The lowest BCUT2D eigenvalue weighted by atomic mass is 10.0. The van der Waals surface area contributed by atoms with Gasteiger partial charge in [0.25, 0.3) is 0 Å². The summed E-state index contributed by atoms with van der Waals surface area (Å²) in [7, 11) is 0. The van der Waals surface area contributed by atoms with Crippen LogP contribution in [0.15, 0.2) is 0 Å². The van der Waals surface area contributed by atoms with Crippen LogP contribution in [-0.4, -0.2) is 76.0 Å². The van der Waals surface area contributed by atoms with Gasteiger partial charge in [0.2, 0.25) is 0 Å². The molecule has 9 nitrogen and oxygen atoms in total. The minimum Gasteiger partial charge on any atom is -0.452 e. The molecule has 0 rings (SSSR count). The normalized spacial score (nSPS) is 16.9. The number of nitrogens with two attached hydrogens (primary N) is 1. The number of carbonyl (C=O) groups is 3. The Balaban J connectivity index is 4.42. The molecule has 0 aromatic heterocycles. The van der Waals surface area contributed by atoms with Crippen LogP contribution >= 0.6 is 0 Å². The summed E-state index contributed by atoms with van der Waals surface area (Å²) in [6.45, 7) is -1.07. The van der Waals surface area contributed by atoms with E-state index in [1.165, 1.54) is 0 Å². The molecule has 0 aliphatic heterocycles. The van der Waals surface area contributed by atoms with E-state index in [2.05, 4.69) is 4.74 Å². The Bertz CT molecular complexity index is 334. The number of ether oxygens (including phenoxy) is 1. The summed E-state index contributed by atoms with van der Waals surface area (Å²) in [4.78, 5) is 32.9. The van der Waals surface area contributed by atoms with Crippen molar-refractivity contribution >= 4 is 18.0 Å². The third-order valence-corrected chi connectivity index (χ3v) is 2.51. The van der Waals surface area contributed by atoms with E-state index in [9.17, 15) is 24.6 Å². The molecule has 0 spiro atoms. The molecule has 0 fully saturated rings. The van der Waals surface area contributed by atoms with Crippen LogP contribution in [0.1, 0.15) is 12.8 Å². The predicted molar refractivity (Wildman–Crippen MR) is 64.3 cm³/mol. The van der Waals surface area contributed by atoms with Gasteiger partial charge in [0.15, 0.2) is 12.4 Å². The van der Waals surface area contributed by atoms with Crippen LogP contribution in [0.3, 0.4) is 0 Å². The van der Waals surface area contributed by atoms with Crippen molar-refractivity contribution in [2.24, 2.45) is 5.73 Å². The molecule has 0 aromatic carbocycles. The molecule has 0 radical (unpaired) electrons. The Labute approximate surface area is 115 Å². The molecule has 6 N–H and O–H groups in total. The number of hydrogen-bond donors (Lipinski definition) is 5. The summed E-state index contributed by atoms with van der Waals surface area (Å²) >= 11 is 0. The van der Waals surface area contributed by atoms with Crippen molar-refractivity contribution in [1.29, 1.82) is 0 Å². The summed E-state index contributed by atoms with van der Waals surface area (Å²) in [5.74, 6) is -1.31. The zero-order valence-corrected chi connectivity index (χ0v) is 10.7. The molecule has 0 unspecified atom stereocenters. The molecule has 0 amide bonds. The van der Waals surface area contributed by atoms with Gasteiger partial charge >= 0.3 is 5.97 Å². The molecule has 0 aliphatic carbocycles. The maximum Gasteiger partial charge on any atom is 0.307 e. The highest BCUT2D eigenvalue weighted by Gasteiger charge is 2.33. The topological polar surface area (TPSA) is 167 Å². The van der Waals surface area contributed by atoms with Crippen LogP contribution in [0, 0.1) is 0 Å². The van der Waals surface area contributed by atoms with Crippen LogP contribution in [0.2, 0.25) is 0 Å². The van der Waals surface area contributed by atoms with Gasteiger partial charge in [-0.1, -0.05) is 0 Å². The molecule has 0 bridgehead atoms. The molecule has 4 atom stereocenters. The van der Waals surface area contributed by atoms with Crippen LogP contribution < -0.4 is 5.73 Å². The van der Waals surface area contributed by atoms with E-state index in [1.54, 1.807) is 0 Å². The van der Waals surface area contributed by atoms with Crippen molar-refractivity contribution in [2.45, 2.75) is 37.3 Å². The van der Waals surface area contributed by atoms with Crippen LogP contribution in [0.25, 0.3) is 0 Å². The summed E-state index contributed by atoms with van der Waals surface area (Å²) < 4.78 is 4.57. The first kappa shape index (κ1) is 18.6. The number of ketones is 1. The minimum atomic E-state index is -1.90. The van der Waals surface area contributed by atoms with Crippen molar-refractivity contribution < 1.29 is 39.5 Å². The van der Waals surface area contributed by atoms with E-state index in [0.29, 0.717) is 0 Å². The second-order valence-electron chi connectivity index (χ2n) is 4.06. The lowest BCUT2D eigenvalue weighted by Crippen LogP contribution is -2.48. The SMILES string of the molecule is NCC(=O)CCC(=O)O[C@@H](C=O)[C@@H](O)[C@H](O)[C@H](O)CO. The number of Topliss-reactive ketones (excluding diaryl/α,β-unsaturated/α-hetero) is 1. The van der Waals surface area contributed by atoms with Gasteiger partial charge in [-0.2, -0.15) is 0 Å². The third kappa shape index (κ3) is 6.17. The molecule has 20 heavy (non-hydrogen) atoms. The first-order valence-electron chi connectivity index (χ1n) is 5.89. The van der Waals surface area contributed by atoms with Gasteiger partial charge in [0.05, 0.1) is 19.6 Å². The fourth-order valence-electron chi connectivity index (χ4n) is 1.26. The highest BCUT2D eigenvalue weighted by atomic mass is 16.6. The maximum atomic E-state index is 11.3. The van der Waals surface area contributed by atoms with Crippen LogP contribution in [-0.2, 0) is 19.1 Å². The number of rotatable bonds is 10. The maximum absolute atomic E-state index is 11.3. The highest BCUT2D eigenvalue weighted by Crippen LogP contribution is 2.08. The van der Waals surface area contributed by atoms with Crippen LogP contribution in [0.5, 0.6) is 0 Å². The summed E-state index contributed by atoms with van der Waals surface area (Å²) in [6.07, 6.45) is -7.60. The fraction of sp³-hybridized carbons (Fsp3) is 0.727. The molecular weight excluding hydrogens is 274 g/mol. The zero-order valence-electron chi connectivity index (χ0n) is 10.7. The van der Waals surface area contributed by atoms with Crippen molar-refractivity contribution in [3.05, 3.63) is 0 Å². The number of aldehydes is 1. The van der Waals surface area contributed by atoms with Gasteiger partial charge in [-0.3, -0.25) is 14.4 Å². The Morgan fingerprint density at radius 1 is 1.15 bits per heavy atom. The van der Waals surface area contributed by atoms with E-state index in [4.69, 9.17) is 15.9 Å². The Kier molecular flexibility index (Phi) is 8.84. The smallest absolute Gasteiger partial charge is 0.307 e. The first-order valence-corrected chi connectivity index (χ1v) is 5.89. The highest BCUT2D eigenvalue weighted by molar-refractivity contribution is 5.84. The largest absolute Gasteiger partial charge is 0.452 e. The van der Waals surface area contributed by atoms with E-state index in [0.717, 1.165) is 0 Å². The van der Waals surface area contributed by atoms with Gasteiger partial charge in [-0.25, -0.2) is 0 Å². The van der Waals surface area contributed by atoms with Crippen LogP contribution in [0.4, 0.5) is 0 Å². The molecule has 0 aliphatic rings. The second kappa shape index (κ2) is 9.50. The Hall–Kier alpha value is -1.39. The third-order valence-electron chi connectivity index (χ3n) is 2.51. The summed E-state index contributed by atoms with van der Waals surface area (Å²) in [5, 5.41) is 36.6. The predicted octanol–water partition coefficient (Wildman–Crippen LogP) is -3.52. The average molecular weight is 293 g/mol. The van der Waals surface area contributed by atoms with Gasteiger partial charge in [-0.15, -0.1) is 0 Å². The molecule has 0 heterocycles. The van der Waals surface area contributed by atoms with E-state index in [1.807, 2.05) is 0 Å². The lowest BCUT2D eigenvalue weighted by Gasteiger charge is -2.25.